The first-order valence-electron chi connectivity index (χ1n) is 8.83. The fourth-order valence-electron chi connectivity index (χ4n) is 2.75. The van der Waals surface area contributed by atoms with Crippen LogP contribution in [0.5, 0.6) is 5.75 Å². The number of nitrogens with zero attached hydrogens (tertiary/aromatic N) is 1. The van der Waals surface area contributed by atoms with Gasteiger partial charge in [0, 0.05) is 25.0 Å². The fourth-order valence-corrected chi connectivity index (χ4v) is 2.75. The Bertz CT molecular complexity index is 880. The van der Waals surface area contributed by atoms with E-state index < -0.39 is 0 Å². The maximum absolute atomic E-state index is 12.4. The molecule has 0 saturated carbocycles. The maximum atomic E-state index is 12.4. The van der Waals surface area contributed by atoms with Gasteiger partial charge in [0.05, 0.1) is 18.4 Å². The first-order chi connectivity index (χ1) is 13.2. The molecular weight excluding hydrogens is 338 g/mol. The van der Waals surface area contributed by atoms with Crippen LogP contribution < -0.4 is 15.4 Å². The number of carbonyl (C=O) groups excluding carboxylic acids is 1. The van der Waals surface area contributed by atoms with E-state index in [4.69, 9.17) is 4.74 Å². The minimum Gasteiger partial charge on any atom is -0.497 e. The van der Waals surface area contributed by atoms with Crippen LogP contribution in [-0.4, -0.2) is 18.0 Å². The number of ether oxygens (including phenoxy) is 1. The maximum Gasteiger partial charge on any atom is 0.253 e. The summed E-state index contributed by atoms with van der Waals surface area (Å²) < 4.78 is 5.14. The number of pyridine rings is 1. The quantitative estimate of drug-likeness (QED) is 0.662. The smallest absolute Gasteiger partial charge is 0.253 e. The highest BCUT2D eigenvalue weighted by atomic mass is 16.5. The Labute approximate surface area is 159 Å². The molecule has 1 atom stereocenters. The molecule has 0 aliphatic carbocycles. The van der Waals surface area contributed by atoms with Crippen molar-refractivity contribution in [1.29, 1.82) is 0 Å². The highest BCUT2D eigenvalue weighted by Gasteiger charge is 2.09. The average Bonchev–Trinajstić information content (AvgIpc) is 2.73. The van der Waals surface area contributed by atoms with Crippen molar-refractivity contribution in [1.82, 2.24) is 10.3 Å². The molecule has 5 heteroatoms. The van der Waals surface area contributed by atoms with Crippen LogP contribution in [-0.2, 0) is 6.54 Å². The van der Waals surface area contributed by atoms with Gasteiger partial charge in [-0.2, -0.15) is 0 Å². The first kappa shape index (κ1) is 18.5. The predicted molar refractivity (Wildman–Crippen MR) is 107 cm³/mol. The Balaban J connectivity index is 1.61. The number of amides is 1. The summed E-state index contributed by atoms with van der Waals surface area (Å²) in [6.45, 7) is 2.52. The number of hydrogen-bond donors (Lipinski definition) is 2. The Hall–Kier alpha value is -3.34. The molecule has 0 aliphatic heterocycles. The number of benzene rings is 2. The number of nitrogens with one attached hydrogen (secondary N) is 2. The van der Waals surface area contributed by atoms with E-state index in [2.05, 4.69) is 34.7 Å². The molecule has 1 amide bonds. The summed E-state index contributed by atoms with van der Waals surface area (Å²) in [6, 6.07) is 19.7. The molecule has 1 unspecified atom stereocenters. The van der Waals surface area contributed by atoms with E-state index in [0.717, 1.165) is 17.0 Å². The zero-order chi connectivity index (χ0) is 19.1. The topological polar surface area (TPSA) is 63.2 Å². The van der Waals surface area contributed by atoms with Crippen LogP contribution in [0.3, 0.4) is 0 Å². The summed E-state index contributed by atoms with van der Waals surface area (Å²) >= 11 is 0. The molecule has 3 rings (SSSR count). The molecule has 138 valence electrons. The number of hydrogen-bond acceptors (Lipinski definition) is 4. The Morgan fingerprint density at radius 1 is 1.07 bits per heavy atom. The first-order valence-corrected chi connectivity index (χ1v) is 8.83. The predicted octanol–water partition coefficient (Wildman–Crippen LogP) is 4.19. The zero-order valence-electron chi connectivity index (χ0n) is 15.5. The normalized spacial score (nSPS) is 11.5. The lowest BCUT2D eigenvalue weighted by atomic mass is 10.1. The summed E-state index contributed by atoms with van der Waals surface area (Å²) in [7, 11) is 1.63. The van der Waals surface area contributed by atoms with Crippen molar-refractivity contribution >= 4 is 11.6 Å². The van der Waals surface area contributed by atoms with Crippen molar-refractivity contribution in [3.05, 3.63) is 89.7 Å². The Morgan fingerprint density at radius 2 is 1.81 bits per heavy atom. The van der Waals surface area contributed by atoms with Crippen LogP contribution >= 0.6 is 0 Å². The number of carbonyl (C=O) groups is 1. The Morgan fingerprint density at radius 3 is 2.52 bits per heavy atom. The van der Waals surface area contributed by atoms with Crippen LogP contribution in [0.1, 0.15) is 34.5 Å². The van der Waals surface area contributed by atoms with E-state index in [1.807, 2.05) is 48.5 Å². The molecule has 0 saturated heterocycles. The van der Waals surface area contributed by atoms with Crippen molar-refractivity contribution in [2.24, 2.45) is 0 Å². The van der Waals surface area contributed by atoms with Crippen molar-refractivity contribution in [3.63, 3.8) is 0 Å². The van der Waals surface area contributed by atoms with Gasteiger partial charge in [0.25, 0.3) is 5.91 Å². The average molecular weight is 361 g/mol. The van der Waals surface area contributed by atoms with Gasteiger partial charge in [-0.25, -0.2) is 0 Å². The molecule has 3 aromatic rings. The molecule has 0 fully saturated rings. The molecule has 0 aliphatic rings. The van der Waals surface area contributed by atoms with Crippen LogP contribution in [0.15, 0.2) is 73.1 Å². The molecule has 2 aromatic carbocycles. The third kappa shape index (κ3) is 5.07. The molecule has 2 N–H and O–H groups in total. The molecule has 0 bridgehead atoms. The zero-order valence-corrected chi connectivity index (χ0v) is 15.5. The minimum atomic E-state index is -0.158. The largest absolute Gasteiger partial charge is 0.497 e. The molecule has 1 aromatic heterocycles. The summed E-state index contributed by atoms with van der Waals surface area (Å²) in [6.07, 6.45) is 3.29. The molecule has 0 spiro atoms. The second-order valence-corrected chi connectivity index (χ2v) is 6.27. The van der Waals surface area contributed by atoms with Crippen molar-refractivity contribution in [2.75, 3.05) is 12.4 Å². The number of anilines is 1. The second kappa shape index (κ2) is 8.85. The summed E-state index contributed by atoms with van der Waals surface area (Å²) in [5, 5.41) is 6.30. The van der Waals surface area contributed by atoms with Gasteiger partial charge < -0.3 is 15.4 Å². The van der Waals surface area contributed by atoms with Crippen LogP contribution in [0.2, 0.25) is 0 Å². The van der Waals surface area contributed by atoms with E-state index in [1.165, 1.54) is 5.56 Å². The van der Waals surface area contributed by atoms with Crippen molar-refractivity contribution < 1.29 is 9.53 Å². The summed E-state index contributed by atoms with van der Waals surface area (Å²) in [5.41, 5.74) is 3.51. The molecule has 27 heavy (non-hydrogen) atoms. The van der Waals surface area contributed by atoms with Gasteiger partial charge in [0.1, 0.15) is 5.75 Å². The van der Waals surface area contributed by atoms with E-state index in [9.17, 15) is 4.79 Å². The molecule has 1 heterocycles. The summed E-state index contributed by atoms with van der Waals surface area (Å²) in [5.74, 6) is 0.634. The lowest BCUT2D eigenvalue weighted by molar-refractivity contribution is 0.0950. The third-order valence-electron chi connectivity index (χ3n) is 4.30. The highest BCUT2D eigenvalue weighted by Crippen LogP contribution is 2.19. The molecular formula is C22H23N3O2. The van der Waals surface area contributed by atoms with E-state index in [0.29, 0.717) is 12.1 Å². The lowest BCUT2D eigenvalue weighted by Gasteiger charge is -2.16. The standard InChI is InChI=1S/C22H23N3O2/c1-16(18-6-4-3-5-7-18)25-20-12-19(14-23-15-20)22(26)24-13-17-8-10-21(27-2)11-9-17/h3-12,14-16,25H,13H2,1-2H3,(H,24,26). The third-order valence-corrected chi connectivity index (χ3v) is 4.30. The van der Waals surface area contributed by atoms with Gasteiger partial charge in [-0.1, -0.05) is 42.5 Å². The van der Waals surface area contributed by atoms with Crippen molar-refractivity contribution in [3.8, 4) is 5.75 Å². The number of aromatic nitrogens is 1. The highest BCUT2D eigenvalue weighted by molar-refractivity contribution is 5.94. The fraction of sp³-hybridized carbons (Fsp3) is 0.182. The number of methoxy groups -OCH3 is 1. The molecule has 0 radical (unpaired) electrons. The second-order valence-electron chi connectivity index (χ2n) is 6.27. The van der Waals surface area contributed by atoms with Gasteiger partial charge in [0.2, 0.25) is 0 Å². The van der Waals surface area contributed by atoms with Gasteiger partial charge in [-0.05, 0) is 36.2 Å². The van der Waals surface area contributed by atoms with E-state index in [-0.39, 0.29) is 11.9 Å². The monoisotopic (exact) mass is 361 g/mol. The number of rotatable bonds is 7. The van der Waals surface area contributed by atoms with Crippen LogP contribution in [0.25, 0.3) is 0 Å². The molecule has 5 nitrogen and oxygen atoms in total. The summed E-state index contributed by atoms with van der Waals surface area (Å²) in [4.78, 5) is 16.6. The van der Waals surface area contributed by atoms with E-state index in [1.54, 1.807) is 19.5 Å². The van der Waals surface area contributed by atoms with Gasteiger partial charge in [-0.3, -0.25) is 9.78 Å². The minimum absolute atomic E-state index is 0.116. The van der Waals surface area contributed by atoms with Gasteiger partial charge in [-0.15, -0.1) is 0 Å². The van der Waals surface area contributed by atoms with Crippen LogP contribution in [0, 0.1) is 0 Å². The van der Waals surface area contributed by atoms with Gasteiger partial charge >= 0.3 is 0 Å². The van der Waals surface area contributed by atoms with Crippen molar-refractivity contribution in [2.45, 2.75) is 19.5 Å². The Kier molecular flexibility index (Phi) is 6.05. The van der Waals surface area contributed by atoms with Crippen LogP contribution in [0.4, 0.5) is 5.69 Å². The van der Waals surface area contributed by atoms with E-state index >= 15 is 0 Å². The van der Waals surface area contributed by atoms with Gasteiger partial charge in [0.15, 0.2) is 0 Å². The SMILES string of the molecule is COc1ccc(CNC(=O)c2cncc(NC(C)c3ccccc3)c2)cc1. The lowest BCUT2D eigenvalue weighted by Crippen LogP contribution is -2.23.